The summed E-state index contributed by atoms with van der Waals surface area (Å²) in [5.74, 6) is 0.677. The highest BCUT2D eigenvalue weighted by atomic mass is 32.1. The molecule has 0 spiro atoms. The summed E-state index contributed by atoms with van der Waals surface area (Å²) in [6.07, 6.45) is 5.31. The first kappa shape index (κ1) is 22.6. The van der Waals surface area contributed by atoms with Gasteiger partial charge in [-0.15, -0.1) is 11.3 Å². The van der Waals surface area contributed by atoms with E-state index in [0.29, 0.717) is 53.1 Å². The first-order chi connectivity index (χ1) is 16.5. The van der Waals surface area contributed by atoms with Gasteiger partial charge in [-0.2, -0.15) is 0 Å². The van der Waals surface area contributed by atoms with Crippen LogP contribution in [0.2, 0.25) is 0 Å². The van der Waals surface area contributed by atoms with Gasteiger partial charge in [-0.25, -0.2) is 9.78 Å². The van der Waals surface area contributed by atoms with Crippen LogP contribution in [-0.4, -0.2) is 45.5 Å². The normalized spacial score (nSPS) is 16.7. The fourth-order valence-corrected chi connectivity index (χ4v) is 5.92. The van der Waals surface area contributed by atoms with E-state index >= 15 is 0 Å². The van der Waals surface area contributed by atoms with Crippen molar-refractivity contribution in [2.24, 2.45) is 0 Å². The van der Waals surface area contributed by atoms with E-state index in [1.54, 1.807) is 9.47 Å². The van der Waals surface area contributed by atoms with Crippen molar-refractivity contribution in [1.82, 2.24) is 19.8 Å². The van der Waals surface area contributed by atoms with Crippen LogP contribution in [0.4, 0.5) is 10.5 Å². The number of likely N-dealkylation sites (tertiary alicyclic amines) is 1. The van der Waals surface area contributed by atoms with Gasteiger partial charge in [0.1, 0.15) is 10.7 Å². The Morgan fingerprint density at radius 3 is 2.59 bits per heavy atom. The number of fused-ring (bicyclic) bond motifs is 2. The molecule has 0 unspecified atom stereocenters. The molecule has 0 aliphatic carbocycles. The van der Waals surface area contributed by atoms with Crippen LogP contribution in [0.15, 0.2) is 35.1 Å². The summed E-state index contributed by atoms with van der Waals surface area (Å²) >= 11 is 1.31. The average molecular weight is 480 g/mol. The molecule has 0 bridgehead atoms. The van der Waals surface area contributed by atoms with Crippen LogP contribution >= 0.6 is 11.3 Å². The SMILES string of the molecule is Cc1c(C(=O)NC2CCN(C(=O)Nc3ccccc3)CC2)sc2nc3n(c(=O)c12)CCCCC3. The fraction of sp³-hybridized carbons (Fsp3) is 0.440. The molecule has 2 N–H and O–H groups in total. The Hall–Kier alpha value is -3.20. The lowest BCUT2D eigenvalue weighted by molar-refractivity contribution is 0.0923. The van der Waals surface area contributed by atoms with Gasteiger partial charge in [0, 0.05) is 37.8 Å². The fourth-order valence-electron chi connectivity index (χ4n) is 4.83. The van der Waals surface area contributed by atoms with E-state index in [0.717, 1.165) is 37.2 Å². The second-order valence-electron chi connectivity index (χ2n) is 9.06. The lowest BCUT2D eigenvalue weighted by Crippen LogP contribution is -2.47. The molecule has 5 rings (SSSR count). The summed E-state index contributed by atoms with van der Waals surface area (Å²) in [5.41, 5.74) is 1.46. The van der Waals surface area contributed by atoms with E-state index in [1.165, 1.54) is 11.3 Å². The highest BCUT2D eigenvalue weighted by Crippen LogP contribution is 2.28. The number of anilines is 1. The number of carbonyl (C=O) groups is 2. The van der Waals surface area contributed by atoms with Gasteiger partial charge in [0.15, 0.2) is 0 Å². The zero-order valence-corrected chi connectivity index (χ0v) is 20.1. The number of hydrogen-bond donors (Lipinski definition) is 2. The zero-order chi connectivity index (χ0) is 23.7. The van der Waals surface area contributed by atoms with E-state index in [1.807, 2.05) is 37.3 Å². The van der Waals surface area contributed by atoms with E-state index < -0.39 is 0 Å². The molecule has 2 aliphatic rings. The summed E-state index contributed by atoms with van der Waals surface area (Å²) < 4.78 is 1.80. The van der Waals surface area contributed by atoms with Crippen LogP contribution in [0.25, 0.3) is 10.2 Å². The third-order valence-electron chi connectivity index (χ3n) is 6.76. The first-order valence-electron chi connectivity index (χ1n) is 12.0. The van der Waals surface area contributed by atoms with Gasteiger partial charge < -0.3 is 15.5 Å². The van der Waals surface area contributed by atoms with Crippen LogP contribution < -0.4 is 16.2 Å². The third kappa shape index (κ3) is 4.44. The van der Waals surface area contributed by atoms with Crippen LogP contribution in [0, 0.1) is 6.92 Å². The Morgan fingerprint density at radius 2 is 1.82 bits per heavy atom. The summed E-state index contributed by atoms with van der Waals surface area (Å²) in [6, 6.07) is 9.26. The van der Waals surface area contributed by atoms with Crippen LogP contribution in [-0.2, 0) is 13.0 Å². The minimum Gasteiger partial charge on any atom is -0.348 e. The van der Waals surface area contributed by atoms with Crippen molar-refractivity contribution in [2.45, 2.75) is 58.0 Å². The summed E-state index contributed by atoms with van der Waals surface area (Å²) in [4.78, 5) is 46.5. The Kier molecular flexibility index (Phi) is 6.36. The second-order valence-corrected chi connectivity index (χ2v) is 10.1. The first-order valence-corrected chi connectivity index (χ1v) is 12.8. The van der Waals surface area contributed by atoms with E-state index in [4.69, 9.17) is 4.98 Å². The van der Waals surface area contributed by atoms with Crippen molar-refractivity contribution in [3.05, 3.63) is 57.0 Å². The largest absolute Gasteiger partial charge is 0.348 e. The molecule has 3 amide bonds. The minimum absolute atomic E-state index is 0.0105. The molecule has 1 saturated heterocycles. The maximum absolute atomic E-state index is 13.2. The van der Waals surface area contributed by atoms with Crippen molar-refractivity contribution in [2.75, 3.05) is 18.4 Å². The molecular formula is C25H29N5O3S. The number of urea groups is 1. The number of amides is 3. The molecule has 3 aromatic rings. The lowest BCUT2D eigenvalue weighted by Gasteiger charge is -2.32. The molecule has 1 fully saturated rings. The predicted molar refractivity (Wildman–Crippen MR) is 134 cm³/mol. The molecule has 4 heterocycles. The monoisotopic (exact) mass is 479 g/mol. The molecule has 2 aliphatic heterocycles. The molecule has 8 nitrogen and oxygen atoms in total. The maximum Gasteiger partial charge on any atom is 0.321 e. The minimum atomic E-state index is -0.160. The third-order valence-corrected chi connectivity index (χ3v) is 7.94. The van der Waals surface area contributed by atoms with Gasteiger partial charge in [-0.1, -0.05) is 24.6 Å². The smallest absolute Gasteiger partial charge is 0.321 e. The van der Waals surface area contributed by atoms with Crippen molar-refractivity contribution in [3.8, 4) is 0 Å². The number of nitrogens with zero attached hydrogens (tertiary/aromatic N) is 3. The highest BCUT2D eigenvalue weighted by molar-refractivity contribution is 7.20. The Balaban J connectivity index is 1.25. The molecule has 178 valence electrons. The van der Waals surface area contributed by atoms with Crippen molar-refractivity contribution in [1.29, 1.82) is 0 Å². The summed E-state index contributed by atoms with van der Waals surface area (Å²) in [6.45, 7) is 3.69. The van der Waals surface area contributed by atoms with Gasteiger partial charge >= 0.3 is 6.03 Å². The number of aromatic nitrogens is 2. The van der Waals surface area contributed by atoms with Gasteiger partial charge in [-0.05, 0) is 50.3 Å². The number of aryl methyl sites for hydroxylation is 2. The van der Waals surface area contributed by atoms with Crippen molar-refractivity contribution < 1.29 is 9.59 Å². The highest BCUT2D eigenvalue weighted by Gasteiger charge is 2.27. The van der Waals surface area contributed by atoms with Crippen LogP contribution in [0.3, 0.4) is 0 Å². The van der Waals surface area contributed by atoms with Gasteiger partial charge in [0.05, 0.1) is 10.3 Å². The topological polar surface area (TPSA) is 96.3 Å². The molecule has 0 saturated carbocycles. The maximum atomic E-state index is 13.2. The Bertz CT molecular complexity index is 1280. The van der Waals surface area contributed by atoms with E-state index in [9.17, 15) is 14.4 Å². The van der Waals surface area contributed by atoms with E-state index in [-0.39, 0.29) is 23.5 Å². The molecule has 1 aromatic carbocycles. The molecule has 2 aromatic heterocycles. The van der Waals surface area contributed by atoms with Crippen molar-refractivity contribution in [3.63, 3.8) is 0 Å². The van der Waals surface area contributed by atoms with Gasteiger partial charge in [0.25, 0.3) is 11.5 Å². The summed E-state index contributed by atoms with van der Waals surface area (Å²) in [5, 5.41) is 6.61. The van der Waals surface area contributed by atoms with Crippen LogP contribution in [0.1, 0.15) is 53.2 Å². The number of para-hydroxylation sites is 1. The zero-order valence-electron chi connectivity index (χ0n) is 19.3. The van der Waals surface area contributed by atoms with Crippen molar-refractivity contribution >= 4 is 39.2 Å². The van der Waals surface area contributed by atoms with Crippen LogP contribution in [0.5, 0.6) is 0 Å². The second kappa shape index (κ2) is 9.58. The van der Waals surface area contributed by atoms with E-state index in [2.05, 4.69) is 10.6 Å². The molecular weight excluding hydrogens is 450 g/mol. The number of nitrogens with one attached hydrogen (secondary N) is 2. The Morgan fingerprint density at radius 1 is 1.06 bits per heavy atom. The quantitative estimate of drug-likeness (QED) is 0.595. The molecule has 34 heavy (non-hydrogen) atoms. The number of benzene rings is 1. The number of carbonyl (C=O) groups excluding carboxylic acids is 2. The molecule has 0 atom stereocenters. The number of rotatable bonds is 3. The molecule has 0 radical (unpaired) electrons. The predicted octanol–water partition coefficient (Wildman–Crippen LogP) is 3.92. The van der Waals surface area contributed by atoms with Gasteiger partial charge in [-0.3, -0.25) is 14.2 Å². The summed E-state index contributed by atoms with van der Waals surface area (Å²) in [7, 11) is 0. The number of piperidine rings is 1. The van der Waals surface area contributed by atoms with Gasteiger partial charge in [0.2, 0.25) is 0 Å². The number of thiophene rings is 1. The molecule has 9 heteroatoms. The lowest BCUT2D eigenvalue weighted by atomic mass is 10.0. The Labute approximate surface area is 202 Å². The average Bonchev–Trinajstić information content (AvgIpc) is 3.01. The standard InChI is InChI=1S/C25H29N5O3S/c1-16-20-23(28-19-10-6-3-7-13-30(19)24(20)32)34-21(16)22(31)26-18-11-14-29(15-12-18)25(33)27-17-8-4-2-5-9-17/h2,4-5,8-9,18H,3,6-7,10-15H2,1H3,(H,26,31)(H,27,33). The number of hydrogen-bond acceptors (Lipinski definition) is 5.